The van der Waals surface area contributed by atoms with Crippen molar-refractivity contribution < 1.29 is 4.79 Å². The first kappa shape index (κ1) is 14.5. The van der Waals surface area contributed by atoms with E-state index in [0.29, 0.717) is 12.1 Å². The Morgan fingerprint density at radius 3 is 2.60 bits per heavy atom. The van der Waals surface area contributed by atoms with E-state index in [0.717, 1.165) is 22.9 Å². The molecule has 2 rings (SSSR count). The average molecular weight is 289 g/mol. The Hall–Kier alpha value is -1.88. The minimum Gasteiger partial charge on any atom is -0.385 e. The topological polar surface area (TPSA) is 45.2 Å². The normalized spacial score (nSPS) is 10.3. The smallest absolute Gasteiger partial charge is 0.253 e. The van der Waals surface area contributed by atoms with Gasteiger partial charge in [0.2, 0.25) is 0 Å². The van der Waals surface area contributed by atoms with Crippen LogP contribution in [0.3, 0.4) is 0 Å². The monoisotopic (exact) mass is 289 g/mol. The fraction of sp³-hybridized carbons (Fsp3) is 0.333. The summed E-state index contributed by atoms with van der Waals surface area (Å²) in [6.45, 7) is 5.42. The molecular weight excluding hydrogens is 270 g/mol. The van der Waals surface area contributed by atoms with Crippen LogP contribution in [0.5, 0.6) is 0 Å². The lowest BCUT2D eigenvalue weighted by molar-refractivity contribution is 0.0783. The third-order valence-electron chi connectivity index (χ3n) is 2.93. The van der Waals surface area contributed by atoms with Gasteiger partial charge in [0.15, 0.2) is 0 Å². The maximum absolute atomic E-state index is 12.3. The largest absolute Gasteiger partial charge is 0.385 e. The van der Waals surface area contributed by atoms with Crippen LogP contribution >= 0.6 is 11.3 Å². The van der Waals surface area contributed by atoms with E-state index in [4.69, 9.17) is 0 Å². The third kappa shape index (κ3) is 3.57. The van der Waals surface area contributed by atoms with Gasteiger partial charge >= 0.3 is 0 Å². The molecule has 5 heteroatoms. The lowest BCUT2D eigenvalue weighted by atomic mass is 10.2. The highest BCUT2D eigenvalue weighted by Gasteiger charge is 2.13. The number of carbonyl (C=O) groups excluding carboxylic acids is 1. The van der Waals surface area contributed by atoms with Crippen molar-refractivity contribution in [2.45, 2.75) is 20.4 Å². The predicted octanol–water partition coefficient (Wildman–Crippen LogP) is 3.16. The van der Waals surface area contributed by atoms with Crippen LogP contribution in [0, 0.1) is 6.92 Å². The standard InChI is InChI=1S/C15H19N3OS/c1-4-16-13-7-5-12(6-8-13)15(19)18(3)9-14-10-20-11(2)17-14/h5-8,10,16H,4,9H2,1-3H3. The number of rotatable bonds is 5. The van der Waals surface area contributed by atoms with Crippen LogP contribution in [0.15, 0.2) is 29.6 Å². The van der Waals surface area contributed by atoms with Gasteiger partial charge in [0.1, 0.15) is 0 Å². The van der Waals surface area contributed by atoms with Crippen LogP contribution < -0.4 is 5.32 Å². The molecule has 2 aromatic rings. The van der Waals surface area contributed by atoms with Crippen molar-refractivity contribution in [3.8, 4) is 0 Å². The van der Waals surface area contributed by atoms with E-state index >= 15 is 0 Å². The number of hydrogen-bond donors (Lipinski definition) is 1. The van der Waals surface area contributed by atoms with Crippen LogP contribution in [-0.2, 0) is 6.54 Å². The van der Waals surface area contributed by atoms with Crippen molar-refractivity contribution in [1.29, 1.82) is 0 Å². The quantitative estimate of drug-likeness (QED) is 0.919. The first-order valence-electron chi connectivity index (χ1n) is 6.60. The van der Waals surface area contributed by atoms with Gasteiger partial charge in [-0.2, -0.15) is 0 Å². The minimum absolute atomic E-state index is 0.0127. The minimum atomic E-state index is 0.0127. The molecule has 1 amide bonds. The molecule has 0 fully saturated rings. The average Bonchev–Trinajstić information content (AvgIpc) is 2.84. The second-order valence-electron chi connectivity index (χ2n) is 4.63. The zero-order valence-electron chi connectivity index (χ0n) is 12.0. The van der Waals surface area contributed by atoms with Crippen molar-refractivity contribution in [2.24, 2.45) is 0 Å². The van der Waals surface area contributed by atoms with Crippen molar-refractivity contribution in [3.63, 3.8) is 0 Å². The second kappa shape index (κ2) is 6.52. The van der Waals surface area contributed by atoms with Crippen molar-refractivity contribution in [2.75, 3.05) is 18.9 Å². The molecule has 1 aromatic heterocycles. The number of aryl methyl sites for hydroxylation is 1. The fourth-order valence-electron chi connectivity index (χ4n) is 1.95. The molecule has 0 bridgehead atoms. The highest BCUT2D eigenvalue weighted by molar-refractivity contribution is 7.09. The molecule has 0 saturated heterocycles. The molecule has 1 N–H and O–H groups in total. The van der Waals surface area contributed by atoms with E-state index in [9.17, 15) is 4.79 Å². The van der Waals surface area contributed by atoms with Gasteiger partial charge < -0.3 is 10.2 Å². The summed E-state index contributed by atoms with van der Waals surface area (Å²) in [5.74, 6) is 0.0127. The molecule has 0 spiro atoms. The summed E-state index contributed by atoms with van der Waals surface area (Å²) in [4.78, 5) is 18.4. The number of thiazole rings is 1. The number of aromatic nitrogens is 1. The number of nitrogens with zero attached hydrogens (tertiary/aromatic N) is 2. The zero-order chi connectivity index (χ0) is 14.5. The highest BCUT2D eigenvalue weighted by Crippen LogP contribution is 2.14. The van der Waals surface area contributed by atoms with Crippen molar-refractivity contribution in [3.05, 3.63) is 45.9 Å². The number of nitrogens with one attached hydrogen (secondary N) is 1. The molecule has 106 valence electrons. The molecule has 20 heavy (non-hydrogen) atoms. The number of hydrogen-bond acceptors (Lipinski definition) is 4. The molecule has 0 atom stereocenters. The molecule has 0 aliphatic heterocycles. The van der Waals surface area contributed by atoms with Crippen LogP contribution in [0.1, 0.15) is 28.0 Å². The summed E-state index contributed by atoms with van der Waals surface area (Å²) in [6.07, 6.45) is 0. The van der Waals surface area contributed by atoms with Crippen molar-refractivity contribution in [1.82, 2.24) is 9.88 Å². The number of anilines is 1. The highest BCUT2D eigenvalue weighted by atomic mass is 32.1. The van der Waals surface area contributed by atoms with Crippen LogP contribution in [-0.4, -0.2) is 29.4 Å². The molecule has 0 unspecified atom stereocenters. The van der Waals surface area contributed by atoms with Gasteiger partial charge in [-0.3, -0.25) is 4.79 Å². The molecule has 0 aliphatic rings. The predicted molar refractivity (Wildman–Crippen MR) is 83.3 cm³/mol. The molecule has 0 saturated carbocycles. The maximum atomic E-state index is 12.3. The van der Waals surface area contributed by atoms with Gasteiger partial charge in [-0.15, -0.1) is 11.3 Å². The summed E-state index contributed by atoms with van der Waals surface area (Å²) >= 11 is 1.60. The Balaban J connectivity index is 2.02. The molecular formula is C15H19N3OS. The van der Waals surface area contributed by atoms with E-state index in [2.05, 4.69) is 10.3 Å². The van der Waals surface area contributed by atoms with E-state index in [1.807, 2.05) is 43.5 Å². The van der Waals surface area contributed by atoms with Crippen LogP contribution in [0.25, 0.3) is 0 Å². The van der Waals surface area contributed by atoms with E-state index in [1.54, 1.807) is 23.3 Å². The molecule has 0 aliphatic carbocycles. The molecule has 4 nitrogen and oxygen atoms in total. The Kier molecular flexibility index (Phi) is 4.74. The van der Waals surface area contributed by atoms with Crippen LogP contribution in [0.2, 0.25) is 0 Å². The fourth-order valence-corrected chi connectivity index (χ4v) is 2.55. The van der Waals surface area contributed by atoms with Gasteiger partial charge in [-0.1, -0.05) is 0 Å². The summed E-state index contributed by atoms with van der Waals surface area (Å²) in [5, 5.41) is 6.23. The Morgan fingerprint density at radius 2 is 2.05 bits per heavy atom. The number of amides is 1. The maximum Gasteiger partial charge on any atom is 0.253 e. The van der Waals surface area contributed by atoms with Gasteiger partial charge in [0, 0.05) is 30.2 Å². The van der Waals surface area contributed by atoms with Crippen molar-refractivity contribution >= 4 is 22.9 Å². The molecule has 1 heterocycles. The summed E-state index contributed by atoms with van der Waals surface area (Å²) < 4.78 is 0. The Morgan fingerprint density at radius 1 is 1.35 bits per heavy atom. The van der Waals surface area contributed by atoms with E-state index in [1.165, 1.54) is 0 Å². The SMILES string of the molecule is CCNc1ccc(C(=O)N(C)Cc2csc(C)n2)cc1. The van der Waals surface area contributed by atoms with Gasteiger partial charge in [0.05, 0.1) is 17.2 Å². The van der Waals surface area contributed by atoms with E-state index in [-0.39, 0.29) is 5.91 Å². The summed E-state index contributed by atoms with van der Waals surface area (Å²) in [7, 11) is 1.80. The Bertz CT molecular complexity index is 577. The van der Waals surface area contributed by atoms with Gasteiger partial charge in [-0.05, 0) is 38.1 Å². The zero-order valence-corrected chi connectivity index (χ0v) is 12.8. The number of benzene rings is 1. The van der Waals surface area contributed by atoms with Gasteiger partial charge in [-0.25, -0.2) is 4.98 Å². The molecule has 1 aromatic carbocycles. The first-order valence-corrected chi connectivity index (χ1v) is 7.48. The summed E-state index contributed by atoms with van der Waals surface area (Å²) in [5.41, 5.74) is 2.66. The van der Waals surface area contributed by atoms with E-state index < -0.39 is 0 Å². The number of carbonyl (C=O) groups is 1. The lowest BCUT2D eigenvalue weighted by Gasteiger charge is -2.16. The first-order chi connectivity index (χ1) is 9.60. The Labute approximate surface area is 123 Å². The van der Waals surface area contributed by atoms with Crippen LogP contribution in [0.4, 0.5) is 5.69 Å². The second-order valence-corrected chi connectivity index (χ2v) is 5.69. The third-order valence-corrected chi connectivity index (χ3v) is 3.75. The summed E-state index contributed by atoms with van der Waals surface area (Å²) in [6, 6.07) is 7.56. The van der Waals surface area contributed by atoms with Gasteiger partial charge in [0.25, 0.3) is 5.91 Å². The lowest BCUT2D eigenvalue weighted by Crippen LogP contribution is -2.26. The molecule has 0 radical (unpaired) electrons.